The van der Waals surface area contributed by atoms with E-state index in [-0.39, 0.29) is 0 Å². The summed E-state index contributed by atoms with van der Waals surface area (Å²) in [5.41, 5.74) is 16.8. The predicted molar refractivity (Wildman–Crippen MR) is 231 cm³/mol. The molecule has 1 atom stereocenters. The molecular formula is C52H31N3S. The average Bonchev–Trinajstić information content (AvgIpc) is 3.75. The van der Waals surface area contributed by atoms with Crippen molar-refractivity contribution in [1.82, 2.24) is 15.0 Å². The van der Waals surface area contributed by atoms with Gasteiger partial charge in [0.2, 0.25) is 0 Å². The van der Waals surface area contributed by atoms with E-state index in [0.717, 1.165) is 28.1 Å². The number of hydrogen-bond acceptors (Lipinski definition) is 4. The summed E-state index contributed by atoms with van der Waals surface area (Å²) < 4.78 is 2.62. The van der Waals surface area contributed by atoms with Gasteiger partial charge in [0, 0.05) is 49.3 Å². The fourth-order valence-electron chi connectivity index (χ4n) is 9.44. The maximum atomic E-state index is 5.30. The zero-order valence-electron chi connectivity index (χ0n) is 30.1. The van der Waals surface area contributed by atoms with Gasteiger partial charge >= 0.3 is 0 Å². The number of nitrogens with zero attached hydrogens (tertiary/aromatic N) is 3. The van der Waals surface area contributed by atoms with Crippen LogP contribution in [0.5, 0.6) is 0 Å². The molecule has 56 heavy (non-hydrogen) atoms. The van der Waals surface area contributed by atoms with Crippen LogP contribution in [0.2, 0.25) is 0 Å². The van der Waals surface area contributed by atoms with Crippen molar-refractivity contribution >= 4 is 31.5 Å². The summed E-state index contributed by atoms with van der Waals surface area (Å²) in [4.78, 5) is 14.8. The van der Waals surface area contributed by atoms with Crippen molar-refractivity contribution in [1.29, 1.82) is 0 Å². The molecule has 1 spiro atoms. The number of pyridine rings is 1. The van der Waals surface area contributed by atoms with Crippen LogP contribution in [-0.2, 0) is 5.41 Å². The van der Waals surface area contributed by atoms with Crippen LogP contribution in [0.1, 0.15) is 22.3 Å². The lowest BCUT2D eigenvalue weighted by Crippen LogP contribution is -2.29. The first-order valence-corrected chi connectivity index (χ1v) is 19.8. The van der Waals surface area contributed by atoms with Gasteiger partial charge in [-0.2, -0.15) is 0 Å². The van der Waals surface area contributed by atoms with E-state index >= 15 is 0 Å². The van der Waals surface area contributed by atoms with E-state index in [2.05, 4.69) is 157 Å². The van der Waals surface area contributed by atoms with Crippen molar-refractivity contribution in [2.75, 3.05) is 0 Å². The Morgan fingerprint density at radius 3 is 1.73 bits per heavy atom. The summed E-state index contributed by atoms with van der Waals surface area (Å²) in [6, 6.07) is 64.3. The van der Waals surface area contributed by atoms with Crippen LogP contribution in [0.4, 0.5) is 0 Å². The van der Waals surface area contributed by atoms with Crippen LogP contribution >= 0.6 is 11.3 Å². The molecule has 1 unspecified atom stereocenters. The van der Waals surface area contributed by atoms with Gasteiger partial charge in [0.05, 0.1) is 16.8 Å². The summed E-state index contributed by atoms with van der Waals surface area (Å²) in [5.74, 6) is 0.686. The lowest BCUT2D eigenvalue weighted by molar-refractivity contribution is 0.777. The highest BCUT2D eigenvalue weighted by Gasteiger charge is 2.50. The summed E-state index contributed by atoms with van der Waals surface area (Å²) in [5, 5.41) is 2.63. The molecule has 0 aliphatic heterocycles. The maximum Gasteiger partial charge on any atom is 0.160 e. The molecule has 3 aromatic heterocycles. The smallest absolute Gasteiger partial charge is 0.160 e. The monoisotopic (exact) mass is 729 g/mol. The van der Waals surface area contributed by atoms with Gasteiger partial charge in [-0.15, -0.1) is 11.3 Å². The second-order valence-corrected chi connectivity index (χ2v) is 15.8. The second-order valence-electron chi connectivity index (χ2n) is 14.7. The molecule has 0 fully saturated rings. The van der Waals surface area contributed by atoms with E-state index in [1.807, 2.05) is 41.8 Å². The first-order valence-electron chi connectivity index (χ1n) is 19.0. The van der Waals surface area contributed by atoms with E-state index in [9.17, 15) is 0 Å². The Balaban J connectivity index is 1.21. The average molecular weight is 730 g/mol. The minimum atomic E-state index is -0.612. The number of benzene rings is 7. The Morgan fingerprint density at radius 1 is 0.375 bits per heavy atom. The van der Waals surface area contributed by atoms with E-state index in [1.54, 1.807) is 6.20 Å². The molecule has 0 saturated carbocycles. The maximum absolute atomic E-state index is 5.30. The molecule has 0 saturated heterocycles. The van der Waals surface area contributed by atoms with Gasteiger partial charge in [0.15, 0.2) is 5.82 Å². The Morgan fingerprint density at radius 2 is 0.982 bits per heavy atom. The van der Waals surface area contributed by atoms with Crippen LogP contribution in [0.25, 0.3) is 87.5 Å². The van der Waals surface area contributed by atoms with Crippen molar-refractivity contribution in [3.8, 4) is 67.3 Å². The van der Waals surface area contributed by atoms with Gasteiger partial charge in [-0.3, -0.25) is 4.98 Å². The summed E-state index contributed by atoms with van der Waals surface area (Å²) in [6.07, 6.45) is 3.68. The number of rotatable bonds is 3. The molecule has 0 bridgehead atoms. The molecule has 0 N–H and O–H groups in total. The first kappa shape index (κ1) is 31.4. The zero-order valence-corrected chi connectivity index (χ0v) is 31.0. The number of thiophene rings is 1. The molecule has 0 radical (unpaired) electrons. The topological polar surface area (TPSA) is 38.7 Å². The Hall–Kier alpha value is -7.01. The highest BCUT2D eigenvalue weighted by molar-refractivity contribution is 7.25. The molecule has 2 aliphatic carbocycles. The highest BCUT2D eigenvalue weighted by Crippen LogP contribution is 2.62. The molecule has 260 valence electrons. The van der Waals surface area contributed by atoms with E-state index in [4.69, 9.17) is 9.97 Å². The molecule has 7 aromatic carbocycles. The third-order valence-corrected chi connectivity index (χ3v) is 12.9. The fraction of sp³-hybridized carbons (Fsp3) is 0.0192. The summed E-state index contributed by atoms with van der Waals surface area (Å²) in [6.45, 7) is 0. The number of aromatic nitrogens is 3. The largest absolute Gasteiger partial charge is 0.264 e. The third-order valence-electron chi connectivity index (χ3n) is 11.8. The van der Waals surface area contributed by atoms with Gasteiger partial charge in [0.1, 0.15) is 0 Å². The van der Waals surface area contributed by atoms with Crippen molar-refractivity contribution < 1.29 is 0 Å². The van der Waals surface area contributed by atoms with Crippen LogP contribution < -0.4 is 0 Å². The van der Waals surface area contributed by atoms with Gasteiger partial charge in [-0.25, -0.2) is 9.97 Å². The van der Waals surface area contributed by atoms with E-state index < -0.39 is 5.41 Å². The van der Waals surface area contributed by atoms with Crippen LogP contribution in [0.3, 0.4) is 0 Å². The van der Waals surface area contributed by atoms with Crippen LogP contribution in [0.15, 0.2) is 188 Å². The van der Waals surface area contributed by atoms with E-state index in [0.29, 0.717) is 5.82 Å². The standard InChI is InChI=1S/C52H31N3S/c1-2-13-32(14-3-1)51-54-47(30-48(55-51)34-15-12-26-53-31-34)33-24-25-39-36-17-5-4-16-35(36)37-18-6-9-21-43(37)52(45(39)27-33)44-22-10-7-19-38(44)41-28-42-40-20-8-11-23-49(40)56-50(42)29-46(41)52/h1-31H. The molecule has 10 aromatic rings. The SMILES string of the molecule is c1ccc(-c2nc(-c3cccnc3)cc(-c3ccc4c(c3)C3(c5ccccc5-c5ccccc5-4)c4ccccc4-c4cc5c(cc43)sc3ccccc35)n2)cc1. The van der Waals surface area contributed by atoms with Crippen molar-refractivity contribution in [3.63, 3.8) is 0 Å². The summed E-state index contributed by atoms with van der Waals surface area (Å²) in [7, 11) is 0. The van der Waals surface area contributed by atoms with Gasteiger partial charge in [0.25, 0.3) is 0 Å². The van der Waals surface area contributed by atoms with Gasteiger partial charge in [-0.1, -0.05) is 133 Å². The number of hydrogen-bond donors (Lipinski definition) is 0. The molecule has 0 amide bonds. The van der Waals surface area contributed by atoms with Gasteiger partial charge in [-0.05, 0) is 98.1 Å². The minimum Gasteiger partial charge on any atom is -0.264 e. The van der Waals surface area contributed by atoms with Crippen molar-refractivity contribution in [2.24, 2.45) is 0 Å². The molecule has 12 rings (SSSR count). The molecular weight excluding hydrogens is 699 g/mol. The Kier molecular flexibility index (Phi) is 6.72. The molecule has 3 heterocycles. The lowest BCUT2D eigenvalue weighted by atomic mass is 9.65. The second kappa shape index (κ2) is 12.0. The molecule has 2 aliphatic rings. The van der Waals surface area contributed by atoms with Crippen LogP contribution in [0, 0.1) is 0 Å². The lowest BCUT2D eigenvalue weighted by Gasteiger charge is -2.35. The van der Waals surface area contributed by atoms with Crippen molar-refractivity contribution in [2.45, 2.75) is 5.41 Å². The molecule has 3 nitrogen and oxygen atoms in total. The zero-order chi connectivity index (χ0) is 36.8. The minimum absolute atomic E-state index is 0.612. The normalized spacial score (nSPS) is 14.9. The summed E-state index contributed by atoms with van der Waals surface area (Å²) >= 11 is 1.89. The van der Waals surface area contributed by atoms with E-state index in [1.165, 1.54) is 75.8 Å². The molecule has 4 heteroatoms. The Labute approximate surface area is 328 Å². The quantitative estimate of drug-likeness (QED) is 0.182. The fourth-order valence-corrected chi connectivity index (χ4v) is 10.6. The van der Waals surface area contributed by atoms with Crippen LogP contribution in [-0.4, -0.2) is 15.0 Å². The van der Waals surface area contributed by atoms with Crippen molar-refractivity contribution in [3.05, 3.63) is 211 Å². The first-order chi connectivity index (χ1) is 27.8. The predicted octanol–water partition coefficient (Wildman–Crippen LogP) is 13.3. The Bertz CT molecular complexity index is 3140. The third kappa shape index (κ3) is 4.42. The number of fused-ring (bicyclic) bond motifs is 15. The highest BCUT2D eigenvalue weighted by atomic mass is 32.1. The van der Waals surface area contributed by atoms with Gasteiger partial charge < -0.3 is 0 Å².